The van der Waals surface area contributed by atoms with E-state index in [0.29, 0.717) is 10.7 Å². The molecule has 0 saturated carbocycles. The van der Waals surface area contributed by atoms with Crippen molar-refractivity contribution in [2.75, 3.05) is 6.61 Å². The van der Waals surface area contributed by atoms with Crippen LogP contribution < -0.4 is 5.73 Å². The fraction of sp³-hybridized carbons (Fsp3) is 0.182. The second-order valence-corrected chi connectivity index (χ2v) is 3.91. The van der Waals surface area contributed by atoms with Gasteiger partial charge in [-0.25, -0.2) is 4.98 Å². The minimum atomic E-state index is -0.444. The average molecular weight is 238 g/mol. The van der Waals surface area contributed by atoms with E-state index in [2.05, 4.69) is 4.98 Å². The van der Waals surface area contributed by atoms with Crippen LogP contribution in [0.5, 0.6) is 0 Å². The van der Waals surface area contributed by atoms with Gasteiger partial charge in [0, 0.05) is 16.9 Å². The highest BCUT2D eigenvalue weighted by Gasteiger charge is 2.08. The van der Waals surface area contributed by atoms with Crippen LogP contribution in [-0.4, -0.2) is 21.3 Å². The summed E-state index contributed by atoms with van der Waals surface area (Å²) in [6.45, 7) is -0.118. The summed E-state index contributed by atoms with van der Waals surface area (Å²) in [4.78, 5) is 4.13. The summed E-state index contributed by atoms with van der Waals surface area (Å²) in [5.74, 6) is 0. The van der Waals surface area contributed by atoms with Crippen LogP contribution in [0.1, 0.15) is 11.7 Å². The predicted octanol–water partition coefficient (Wildman–Crippen LogP) is 1.52. The van der Waals surface area contributed by atoms with Crippen LogP contribution in [0.3, 0.4) is 0 Å². The van der Waals surface area contributed by atoms with Gasteiger partial charge in [-0.05, 0) is 18.2 Å². The predicted molar refractivity (Wildman–Crippen MR) is 62.6 cm³/mol. The molecule has 0 fully saturated rings. The number of hydrogen-bond donors (Lipinski definition) is 2. The van der Waals surface area contributed by atoms with E-state index in [0.717, 1.165) is 5.69 Å². The molecule has 0 amide bonds. The van der Waals surface area contributed by atoms with Crippen LogP contribution in [-0.2, 0) is 0 Å². The summed E-state index contributed by atoms with van der Waals surface area (Å²) in [5, 5.41) is 9.58. The lowest BCUT2D eigenvalue weighted by atomic mass is 10.2. The molecule has 2 rings (SSSR count). The maximum absolute atomic E-state index is 8.92. The molecule has 0 aliphatic rings. The molecule has 0 spiro atoms. The quantitative estimate of drug-likeness (QED) is 0.851. The van der Waals surface area contributed by atoms with Gasteiger partial charge >= 0.3 is 0 Å². The number of hydrogen-bond acceptors (Lipinski definition) is 3. The highest BCUT2D eigenvalue weighted by atomic mass is 35.5. The number of nitrogens with zero attached hydrogens (tertiary/aromatic N) is 2. The lowest BCUT2D eigenvalue weighted by molar-refractivity contribution is 0.266. The number of aliphatic hydroxyl groups excluding tert-OH is 1. The summed E-state index contributed by atoms with van der Waals surface area (Å²) in [7, 11) is 0. The van der Waals surface area contributed by atoms with Gasteiger partial charge in [0.2, 0.25) is 0 Å². The van der Waals surface area contributed by atoms with Crippen molar-refractivity contribution in [1.29, 1.82) is 0 Å². The van der Waals surface area contributed by atoms with E-state index < -0.39 is 6.04 Å². The molecule has 1 unspecified atom stereocenters. The number of imidazole rings is 1. The fourth-order valence-corrected chi connectivity index (χ4v) is 1.59. The first kappa shape index (κ1) is 11.1. The lowest BCUT2D eigenvalue weighted by Gasteiger charge is -2.03. The zero-order chi connectivity index (χ0) is 11.5. The van der Waals surface area contributed by atoms with Crippen LogP contribution in [0.2, 0.25) is 5.02 Å². The van der Waals surface area contributed by atoms with Gasteiger partial charge in [0.15, 0.2) is 0 Å². The molecule has 1 aromatic carbocycles. The minimum Gasteiger partial charge on any atom is -0.394 e. The van der Waals surface area contributed by atoms with Crippen molar-refractivity contribution in [2.24, 2.45) is 5.73 Å². The summed E-state index contributed by atoms with van der Waals surface area (Å²) in [5.41, 5.74) is 7.23. The van der Waals surface area contributed by atoms with Crippen molar-refractivity contribution in [3.63, 3.8) is 0 Å². The van der Waals surface area contributed by atoms with Crippen molar-refractivity contribution < 1.29 is 5.11 Å². The Bertz CT molecular complexity index is 484. The topological polar surface area (TPSA) is 64.1 Å². The molecule has 1 atom stereocenters. The van der Waals surface area contributed by atoms with E-state index in [4.69, 9.17) is 22.4 Å². The third kappa shape index (κ3) is 2.24. The Morgan fingerprint density at radius 3 is 3.00 bits per heavy atom. The van der Waals surface area contributed by atoms with Gasteiger partial charge in [0.25, 0.3) is 0 Å². The summed E-state index contributed by atoms with van der Waals surface area (Å²) >= 11 is 5.89. The second-order valence-electron chi connectivity index (χ2n) is 3.47. The first-order valence-corrected chi connectivity index (χ1v) is 5.25. The Morgan fingerprint density at radius 2 is 2.31 bits per heavy atom. The monoisotopic (exact) mass is 237 g/mol. The molecular weight excluding hydrogens is 226 g/mol. The standard InChI is InChI=1S/C11H12ClN3O/c12-8-2-1-3-9(4-8)15-5-11(14-7-15)10(13)6-16/h1-5,7,10,16H,6,13H2. The van der Waals surface area contributed by atoms with E-state index in [1.165, 1.54) is 0 Å². The molecule has 0 saturated heterocycles. The smallest absolute Gasteiger partial charge is 0.0995 e. The van der Waals surface area contributed by atoms with E-state index in [9.17, 15) is 0 Å². The average Bonchev–Trinajstić information content (AvgIpc) is 2.77. The molecule has 0 radical (unpaired) electrons. The molecule has 3 N–H and O–H groups in total. The Balaban J connectivity index is 2.31. The van der Waals surface area contributed by atoms with Crippen molar-refractivity contribution in [2.45, 2.75) is 6.04 Å². The van der Waals surface area contributed by atoms with E-state index >= 15 is 0 Å². The summed E-state index contributed by atoms with van der Waals surface area (Å²) in [6, 6.07) is 6.98. The summed E-state index contributed by atoms with van der Waals surface area (Å²) < 4.78 is 1.82. The van der Waals surface area contributed by atoms with E-state index in [-0.39, 0.29) is 6.61 Å². The van der Waals surface area contributed by atoms with Crippen LogP contribution in [0.25, 0.3) is 5.69 Å². The highest BCUT2D eigenvalue weighted by Crippen LogP contribution is 2.16. The lowest BCUT2D eigenvalue weighted by Crippen LogP contribution is -2.14. The largest absolute Gasteiger partial charge is 0.394 e. The number of aromatic nitrogens is 2. The highest BCUT2D eigenvalue weighted by molar-refractivity contribution is 6.30. The third-order valence-corrected chi connectivity index (χ3v) is 2.52. The van der Waals surface area contributed by atoms with Crippen molar-refractivity contribution >= 4 is 11.6 Å². The first-order chi connectivity index (χ1) is 7.70. The zero-order valence-electron chi connectivity index (χ0n) is 8.55. The van der Waals surface area contributed by atoms with Gasteiger partial charge in [0.05, 0.1) is 24.7 Å². The van der Waals surface area contributed by atoms with Crippen LogP contribution in [0.4, 0.5) is 0 Å². The summed E-state index contributed by atoms with van der Waals surface area (Å²) in [6.07, 6.45) is 3.43. The fourth-order valence-electron chi connectivity index (χ4n) is 1.40. The molecule has 0 bridgehead atoms. The minimum absolute atomic E-state index is 0.118. The molecule has 84 valence electrons. The SMILES string of the molecule is NC(CO)c1cn(-c2cccc(Cl)c2)cn1. The Kier molecular flexibility index (Phi) is 3.24. The molecular formula is C11H12ClN3O. The molecule has 0 aliphatic carbocycles. The van der Waals surface area contributed by atoms with Crippen molar-refractivity contribution in [3.05, 3.63) is 47.5 Å². The van der Waals surface area contributed by atoms with Crippen LogP contribution in [0, 0.1) is 0 Å². The molecule has 1 aromatic heterocycles. The van der Waals surface area contributed by atoms with E-state index in [1.54, 1.807) is 12.5 Å². The zero-order valence-corrected chi connectivity index (χ0v) is 9.30. The van der Waals surface area contributed by atoms with Gasteiger partial charge < -0.3 is 15.4 Å². The number of nitrogens with two attached hydrogens (primary N) is 1. The molecule has 4 nitrogen and oxygen atoms in total. The normalized spacial score (nSPS) is 12.7. The molecule has 2 aromatic rings. The number of benzene rings is 1. The van der Waals surface area contributed by atoms with Crippen LogP contribution >= 0.6 is 11.6 Å². The van der Waals surface area contributed by atoms with Gasteiger partial charge in [-0.3, -0.25) is 0 Å². The maximum Gasteiger partial charge on any atom is 0.0995 e. The van der Waals surface area contributed by atoms with E-state index in [1.807, 2.05) is 28.8 Å². The number of halogens is 1. The van der Waals surface area contributed by atoms with Gasteiger partial charge in [-0.2, -0.15) is 0 Å². The molecule has 5 heteroatoms. The number of aliphatic hydroxyl groups is 1. The first-order valence-electron chi connectivity index (χ1n) is 4.87. The van der Waals surface area contributed by atoms with Gasteiger partial charge in [-0.1, -0.05) is 17.7 Å². The second kappa shape index (κ2) is 4.65. The Labute approximate surface area is 98.3 Å². The van der Waals surface area contributed by atoms with Crippen molar-refractivity contribution in [3.8, 4) is 5.69 Å². The third-order valence-electron chi connectivity index (χ3n) is 2.29. The number of rotatable bonds is 3. The molecule has 16 heavy (non-hydrogen) atoms. The molecule has 0 aliphatic heterocycles. The van der Waals surface area contributed by atoms with Crippen molar-refractivity contribution in [1.82, 2.24) is 9.55 Å². The maximum atomic E-state index is 8.92. The van der Waals surface area contributed by atoms with Crippen LogP contribution in [0.15, 0.2) is 36.8 Å². The Morgan fingerprint density at radius 1 is 1.50 bits per heavy atom. The van der Waals surface area contributed by atoms with Gasteiger partial charge in [-0.15, -0.1) is 0 Å². The molecule has 1 heterocycles. The Hall–Kier alpha value is -1.36. The van der Waals surface area contributed by atoms with Gasteiger partial charge in [0.1, 0.15) is 0 Å².